The van der Waals surface area contributed by atoms with Crippen LogP contribution in [0.5, 0.6) is 0 Å². The monoisotopic (exact) mass is 238 g/mol. The van der Waals surface area contributed by atoms with Crippen molar-refractivity contribution in [2.45, 2.75) is 66.4 Å². The molecule has 0 amide bonds. The van der Waals surface area contributed by atoms with Gasteiger partial charge in [0.2, 0.25) is 0 Å². The third-order valence-electron chi connectivity index (χ3n) is 2.38. The highest BCUT2D eigenvalue weighted by Gasteiger charge is 2.05. The maximum Gasteiger partial charge on any atom is 0.306 e. The molecular weight excluding hydrogens is 212 g/mol. The van der Waals surface area contributed by atoms with Gasteiger partial charge in [0.25, 0.3) is 0 Å². The summed E-state index contributed by atoms with van der Waals surface area (Å²) in [5, 5.41) is 0. The number of esters is 1. The second kappa shape index (κ2) is 9.03. The Bertz CT molecular complexity index is 283. The highest BCUT2D eigenvalue weighted by Crippen LogP contribution is 2.09. The molecule has 0 N–H and O–H groups in total. The van der Waals surface area contributed by atoms with Gasteiger partial charge >= 0.3 is 5.97 Å². The number of ether oxygens (including phenoxy) is 1. The van der Waals surface area contributed by atoms with Gasteiger partial charge in [-0.25, -0.2) is 0 Å². The van der Waals surface area contributed by atoms with Crippen molar-refractivity contribution in [1.29, 1.82) is 0 Å². The largest absolute Gasteiger partial charge is 0.458 e. The Morgan fingerprint density at radius 2 is 1.88 bits per heavy atom. The molecule has 0 spiro atoms. The van der Waals surface area contributed by atoms with E-state index in [1.807, 2.05) is 19.9 Å². The second-order valence-electron chi connectivity index (χ2n) is 4.78. The van der Waals surface area contributed by atoms with Crippen molar-refractivity contribution in [3.05, 3.63) is 23.3 Å². The quantitative estimate of drug-likeness (QED) is 0.485. The molecule has 2 heteroatoms. The van der Waals surface area contributed by atoms with Gasteiger partial charge in [0, 0.05) is 6.42 Å². The molecule has 0 fully saturated rings. The smallest absolute Gasteiger partial charge is 0.306 e. The van der Waals surface area contributed by atoms with E-state index in [1.54, 1.807) is 0 Å². The van der Waals surface area contributed by atoms with Crippen LogP contribution in [0.15, 0.2) is 23.3 Å². The zero-order valence-electron chi connectivity index (χ0n) is 11.9. The van der Waals surface area contributed by atoms with Crippen LogP contribution < -0.4 is 0 Å². The van der Waals surface area contributed by atoms with Crippen molar-refractivity contribution < 1.29 is 9.53 Å². The summed E-state index contributed by atoms with van der Waals surface area (Å²) in [6.07, 6.45) is 7.59. The molecule has 0 aliphatic heterocycles. The first-order chi connectivity index (χ1) is 7.95. The summed E-state index contributed by atoms with van der Waals surface area (Å²) >= 11 is 0. The van der Waals surface area contributed by atoms with E-state index >= 15 is 0 Å². The Labute approximate surface area is 106 Å². The fourth-order valence-electron chi connectivity index (χ4n) is 1.58. The summed E-state index contributed by atoms with van der Waals surface area (Å²) in [4.78, 5) is 11.3. The van der Waals surface area contributed by atoms with Crippen molar-refractivity contribution >= 4 is 5.97 Å². The number of allylic oxidation sites excluding steroid dienone is 3. The molecule has 0 saturated heterocycles. The first kappa shape index (κ1) is 16.0. The zero-order valence-corrected chi connectivity index (χ0v) is 11.9. The van der Waals surface area contributed by atoms with Gasteiger partial charge in [-0.1, -0.05) is 24.1 Å². The molecule has 0 saturated carbocycles. The molecule has 0 aromatic carbocycles. The van der Waals surface area contributed by atoms with E-state index in [4.69, 9.17) is 4.74 Å². The molecule has 17 heavy (non-hydrogen) atoms. The van der Waals surface area contributed by atoms with Crippen LogP contribution in [0.25, 0.3) is 0 Å². The van der Waals surface area contributed by atoms with E-state index in [0.29, 0.717) is 6.42 Å². The van der Waals surface area contributed by atoms with E-state index in [9.17, 15) is 4.79 Å². The molecule has 2 nitrogen and oxygen atoms in total. The maximum absolute atomic E-state index is 11.3. The van der Waals surface area contributed by atoms with Crippen LogP contribution in [0.2, 0.25) is 0 Å². The number of carbonyl (C=O) groups excluding carboxylic acids is 1. The Morgan fingerprint density at radius 1 is 1.24 bits per heavy atom. The Kier molecular flexibility index (Phi) is 8.47. The fourth-order valence-corrected chi connectivity index (χ4v) is 1.58. The number of hydrogen-bond acceptors (Lipinski definition) is 2. The Morgan fingerprint density at radius 3 is 2.41 bits per heavy atom. The fraction of sp³-hybridized carbons (Fsp3) is 0.667. The molecule has 0 aromatic rings. The molecule has 0 aliphatic rings. The zero-order chi connectivity index (χ0) is 13.3. The van der Waals surface area contributed by atoms with Crippen LogP contribution in [-0.2, 0) is 9.53 Å². The molecule has 0 heterocycles. The summed E-state index contributed by atoms with van der Waals surface area (Å²) in [5.41, 5.74) is 2.62. The van der Waals surface area contributed by atoms with Crippen molar-refractivity contribution in [1.82, 2.24) is 0 Å². The first-order valence-corrected chi connectivity index (χ1v) is 6.45. The lowest BCUT2D eigenvalue weighted by molar-refractivity contribution is -0.146. The van der Waals surface area contributed by atoms with Gasteiger partial charge in [0.05, 0.1) is 0 Å². The predicted octanol–water partition coefficient (Wildman–Crippen LogP) is 4.41. The van der Waals surface area contributed by atoms with Crippen LogP contribution in [0.3, 0.4) is 0 Å². The molecule has 0 aliphatic carbocycles. The minimum Gasteiger partial charge on any atom is -0.458 e. The summed E-state index contributed by atoms with van der Waals surface area (Å²) in [6.45, 7) is 10.2. The summed E-state index contributed by atoms with van der Waals surface area (Å²) in [7, 11) is 0. The first-order valence-electron chi connectivity index (χ1n) is 6.45. The van der Waals surface area contributed by atoms with Gasteiger partial charge in [-0.3, -0.25) is 4.79 Å². The standard InChI is InChI=1S/C15H26O2/c1-6-8-15(16)17-14(5)11-13(4)10-7-9-12(2)3/h9,11,14H,6-8,10H2,1-5H3/b13-11+. The maximum atomic E-state index is 11.3. The van der Waals surface area contributed by atoms with Crippen molar-refractivity contribution in [3.63, 3.8) is 0 Å². The molecule has 0 aromatic heterocycles. The van der Waals surface area contributed by atoms with Crippen molar-refractivity contribution in [2.24, 2.45) is 0 Å². The SMILES string of the molecule is CCCC(=O)OC(C)/C=C(\C)CCC=C(C)C. The van der Waals surface area contributed by atoms with Crippen LogP contribution in [0.4, 0.5) is 0 Å². The van der Waals surface area contributed by atoms with Gasteiger partial charge in [-0.15, -0.1) is 0 Å². The highest BCUT2D eigenvalue weighted by atomic mass is 16.5. The van der Waals surface area contributed by atoms with E-state index in [-0.39, 0.29) is 12.1 Å². The summed E-state index contributed by atoms with van der Waals surface area (Å²) in [6, 6.07) is 0. The van der Waals surface area contributed by atoms with E-state index < -0.39 is 0 Å². The number of hydrogen-bond donors (Lipinski definition) is 0. The van der Waals surface area contributed by atoms with Crippen molar-refractivity contribution in [2.75, 3.05) is 0 Å². The second-order valence-corrected chi connectivity index (χ2v) is 4.78. The Balaban J connectivity index is 4.01. The van der Waals surface area contributed by atoms with E-state index in [1.165, 1.54) is 11.1 Å². The van der Waals surface area contributed by atoms with E-state index in [0.717, 1.165) is 19.3 Å². The topological polar surface area (TPSA) is 26.3 Å². The normalized spacial score (nSPS) is 13.1. The van der Waals surface area contributed by atoms with Gasteiger partial charge in [0.15, 0.2) is 0 Å². The minimum atomic E-state index is -0.110. The average molecular weight is 238 g/mol. The van der Waals surface area contributed by atoms with Crippen LogP contribution in [-0.4, -0.2) is 12.1 Å². The molecule has 0 rings (SSSR count). The van der Waals surface area contributed by atoms with E-state index in [2.05, 4.69) is 26.8 Å². The Hall–Kier alpha value is -1.05. The van der Waals surface area contributed by atoms with Crippen molar-refractivity contribution in [3.8, 4) is 0 Å². The third kappa shape index (κ3) is 9.86. The predicted molar refractivity (Wildman–Crippen MR) is 72.9 cm³/mol. The van der Waals surface area contributed by atoms with Crippen LogP contribution in [0.1, 0.15) is 60.3 Å². The number of carbonyl (C=O) groups is 1. The molecule has 0 bridgehead atoms. The lowest BCUT2D eigenvalue weighted by Crippen LogP contribution is -2.12. The minimum absolute atomic E-state index is 0.103. The lowest BCUT2D eigenvalue weighted by Gasteiger charge is -2.10. The third-order valence-corrected chi connectivity index (χ3v) is 2.38. The molecule has 1 atom stereocenters. The van der Waals surface area contributed by atoms with Crippen LogP contribution in [0, 0.1) is 0 Å². The molecular formula is C15H26O2. The summed E-state index contributed by atoms with van der Waals surface area (Å²) in [5.74, 6) is -0.103. The van der Waals surface area contributed by atoms with Gasteiger partial charge < -0.3 is 4.74 Å². The van der Waals surface area contributed by atoms with Gasteiger partial charge in [-0.2, -0.15) is 0 Å². The van der Waals surface area contributed by atoms with Crippen LogP contribution >= 0.6 is 0 Å². The van der Waals surface area contributed by atoms with Gasteiger partial charge in [-0.05, 0) is 53.0 Å². The number of rotatable bonds is 7. The molecule has 98 valence electrons. The molecule has 1 unspecified atom stereocenters. The van der Waals surface area contributed by atoms with Gasteiger partial charge in [0.1, 0.15) is 6.10 Å². The summed E-state index contributed by atoms with van der Waals surface area (Å²) < 4.78 is 5.26. The lowest BCUT2D eigenvalue weighted by atomic mass is 10.1. The highest BCUT2D eigenvalue weighted by molar-refractivity contribution is 5.69. The average Bonchev–Trinajstić information content (AvgIpc) is 2.16. The molecule has 0 radical (unpaired) electrons.